The molecule has 2 aliphatic heterocycles. The lowest BCUT2D eigenvalue weighted by Gasteiger charge is -2.32. The van der Waals surface area contributed by atoms with Crippen molar-refractivity contribution in [2.45, 2.75) is 51.0 Å². The molecule has 6 rings (SSSR count). The number of carbonyl (C=O) groups is 1. The van der Waals surface area contributed by atoms with Crippen LogP contribution in [0.4, 0.5) is 0 Å². The number of aliphatic hydroxyl groups is 1. The van der Waals surface area contributed by atoms with Crippen LogP contribution in [0.25, 0.3) is 27.8 Å². The van der Waals surface area contributed by atoms with Gasteiger partial charge in [-0.1, -0.05) is 19.9 Å². The van der Waals surface area contributed by atoms with Crippen LogP contribution < -0.4 is 4.74 Å². The molecule has 1 aromatic carbocycles. The number of carbonyl (C=O) groups excluding carboxylic acids is 1. The highest BCUT2D eigenvalue weighted by Gasteiger charge is 2.28. The normalized spacial score (nSPS) is 19.3. The minimum atomic E-state index is -0.364. The zero-order valence-corrected chi connectivity index (χ0v) is 22.4. The molecule has 1 amide bonds. The van der Waals surface area contributed by atoms with Gasteiger partial charge >= 0.3 is 0 Å². The summed E-state index contributed by atoms with van der Waals surface area (Å²) in [5.41, 5.74) is 6.59. The highest BCUT2D eigenvalue weighted by Crippen LogP contribution is 2.39. The Morgan fingerprint density at radius 1 is 1.18 bits per heavy atom. The summed E-state index contributed by atoms with van der Waals surface area (Å²) in [5.74, 6) is 1.64. The van der Waals surface area contributed by atoms with Crippen LogP contribution in [0.5, 0.6) is 5.75 Å². The first-order valence-corrected chi connectivity index (χ1v) is 13.6. The molecule has 2 aliphatic rings. The minimum Gasteiger partial charge on any atom is -0.493 e. The van der Waals surface area contributed by atoms with Crippen LogP contribution in [0.3, 0.4) is 0 Å². The Labute approximate surface area is 222 Å². The molecule has 9 nitrogen and oxygen atoms in total. The number of hydrogen-bond acceptors (Lipinski definition) is 6. The number of fused-ring (bicyclic) bond motifs is 2. The third-order valence-corrected chi connectivity index (χ3v) is 8.22. The summed E-state index contributed by atoms with van der Waals surface area (Å²) >= 11 is 0. The molecule has 2 saturated heterocycles. The van der Waals surface area contributed by atoms with E-state index in [1.54, 1.807) is 22.9 Å². The number of aromatic nitrogens is 4. The van der Waals surface area contributed by atoms with Gasteiger partial charge in [-0.2, -0.15) is 5.10 Å². The van der Waals surface area contributed by atoms with Crippen molar-refractivity contribution < 1.29 is 14.6 Å². The lowest BCUT2D eigenvalue weighted by atomic mass is 9.87. The van der Waals surface area contributed by atoms with E-state index in [1.165, 1.54) is 16.5 Å². The minimum absolute atomic E-state index is 0.142. The zero-order chi connectivity index (χ0) is 26.4. The number of likely N-dealkylation sites (tertiary alicyclic amines) is 2. The van der Waals surface area contributed by atoms with Gasteiger partial charge in [0.05, 0.1) is 25.5 Å². The van der Waals surface area contributed by atoms with Crippen molar-refractivity contribution >= 4 is 22.5 Å². The third kappa shape index (κ3) is 4.54. The van der Waals surface area contributed by atoms with Crippen LogP contribution in [-0.4, -0.2) is 86.3 Å². The number of ether oxygens (including phenoxy) is 1. The summed E-state index contributed by atoms with van der Waals surface area (Å²) in [6, 6.07) is 8.86. The van der Waals surface area contributed by atoms with Gasteiger partial charge in [0.2, 0.25) is 5.91 Å². The van der Waals surface area contributed by atoms with Crippen LogP contribution in [0, 0.1) is 0 Å². The van der Waals surface area contributed by atoms with Gasteiger partial charge in [0, 0.05) is 35.8 Å². The van der Waals surface area contributed by atoms with E-state index < -0.39 is 0 Å². The van der Waals surface area contributed by atoms with Crippen LogP contribution in [0.1, 0.15) is 56.1 Å². The van der Waals surface area contributed by atoms with Crippen LogP contribution in [0.2, 0.25) is 0 Å². The Morgan fingerprint density at radius 3 is 2.71 bits per heavy atom. The second-order valence-corrected chi connectivity index (χ2v) is 11.0. The smallest absolute Gasteiger partial charge is 0.236 e. The topological polar surface area (TPSA) is 99.0 Å². The fourth-order valence-electron chi connectivity index (χ4n) is 6.18. The van der Waals surface area contributed by atoms with E-state index >= 15 is 0 Å². The molecular formula is C29H36N6O3. The predicted molar refractivity (Wildman–Crippen MR) is 147 cm³/mol. The third-order valence-electron chi connectivity index (χ3n) is 8.22. The molecule has 0 spiro atoms. The van der Waals surface area contributed by atoms with Gasteiger partial charge in [-0.3, -0.25) is 9.69 Å². The lowest BCUT2D eigenvalue weighted by Crippen LogP contribution is -2.42. The average molecular weight is 517 g/mol. The summed E-state index contributed by atoms with van der Waals surface area (Å²) in [6.07, 6.45) is 5.95. The summed E-state index contributed by atoms with van der Waals surface area (Å²) in [6.45, 7) is 7.91. The van der Waals surface area contributed by atoms with E-state index in [0.717, 1.165) is 42.7 Å². The number of rotatable bonds is 6. The van der Waals surface area contributed by atoms with Gasteiger partial charge < -0.3 is 19.7 Å². The fraction of sp³-hybridized carbons (Fsp3) is 0.483. The van der Waals surface area contributed by atoms with Crippen LogP contribution >= 0.6 is 0 Å². The fourth-order valence-corrected chi connectivity index (χ4v) is 6.18. The molecule has 5 heterocycles. The van der Waals surface area contributed by atoms with E-state index in [0.29, 0.717) is 49.3 Å². The molecule has 2 fully saturated rings. The highest BCUT2D eigenvalue weighted by atomic mass is 16.5. The molecule has 3 aromatic heterocycles. The average Bonchev–Trinajstić information content (AvgIpc) is 3.66. The molecule has 1 atom stereocenters. The summed E-state index contributed by atoms with van der Waals surface area (Å²) in [5, 5.41) is 15.3. The molecule has 200 valence electrons. The van der Waals surface area contributed by atoms with E-state index in [4.69, 9.17) is 4.74 Å². The Kier molecular flexibility index (Phi) is 6.57. The van der Waals surface area contributed by atoms with Gasteiger partial charge in [-0.05, 0) is 73.5 Å². The van der Waals surface area contributed by atoms with Crippen molar-refractivity contribution in [3.05, 3.63) is 47.9 Å². The molecule has 0 bridgehead atoms. The molecule has 9 heteroatoms. The number of amides is 1. The monoisotopic (exact) mass is 516 g/mol. The predicted octanol–water partition coefficient (Wildman–Crippen LogP) is 3.78. The van der Waals surface area contributed by atoms with E-state index in [1.807, 2.05) is 12.3 Å². The first-order valence-electron chi connectivity index (χ1n) is 13.6. The maximum Gasteiger partial charge on any atom is 0.236 e. The second-order valence-electron chi connectivity index (χ2n) is 11.0. The quantitative estimate of drug-likeness (QED) is 0.405. The molecule has 0 aliphatic carbocycles. The number of hydrogen-bond donors (Lipinski definition) is 2. The van der Waals surface area contributed by atoms with E-state index in [-0.39, 0.29) is 12.0 Å². The zero-order valence-electron chi connectivity index (χ0n) is 22.4. The largest absolute Gasteiger partial charge is 0.493 e. The number of H-pyrrole nitrogens is 1. The number of nitrogens with zero attached hydrogens (tertiary/aromatic N) is 5. The van der Waals surface area contributed by atoms with Crippen molar-refractivity contribution in [1.29, 1.82) is 0 Å². The van der Waals surface area contributed by atoms with Gasteiger partial charge in [-0.25, -0.2) is 9.50 Å². The van der Waals surface area contributed by atoms with Gasteiger partial charge in [0.25, 0.3) is 0 Å². The molecule has 0 saturated carbocycles. The summed E-state index contributed by atoms with van der Waals surface area (Å²) < 4.78 is 7.37. The first kappa shape index (κ1) is 24.9. The van der Waals surface area contributed by atoms with Gasteiger partial charge in [0.1, 0.15) is 6.33 Å². The van der Waals surface area contributed by atoms with Crippen molar-refractivity contribution in [3.8, 4) is 17.0 Å². The van der Waals surface area contributed by atoms with Crippen LogP contribution in [-0.2, 0) is 4.79 Å². The highest BCUT2D eigenvalue weighted by molar-refractivity contribution is 5.92. The molecule has 0 radical (unpaired) electrons. The molecule has 38 heavy (non-hydrogen) atoms. The molecule has 0 unspecified atom stereocenters. The SMILES string of the molecule is COc1cc(-c2[nH]c3ccc(C4CCN(CC(=O)N5CC[C@@H](O)C5)CC4)cc3c2C(C)C)cn2ncnc12. The number of pyridine rings is 1. The first-order chi connectivity index (χ1) is 18.4. The Hall–Kier alpha value is -3.43. The molecular weight excluding hydrogens is 480 g/mol. The van der Waals surface area contributed by atoms with Crippen LogP contribution in [0.15, 0.2) is 36.8 Å². The van der Waals surface area contributed by atoms with Gasteiger partial charge in [0.15, 0.2) is 11.4 Å². The Balaban J connectivity index is 1.23. The van der Waals surface area contributed by atoms with Crippen molar-refractivity contribution in [2.75, 3.05) is 39.8 Å². The second kappa shape index (κ2) is 10.0. The van der Waals surface area contributed by atoms with Crippen molar-refractivity contribution in [1.82, 2.24) is 29.4 Å². The number of aromatic amines is 1. The van der Waals surface area contributed by atoms with E-state index in [9.17, 15) is 9.90 Å². The summed E-state index contributed by atoms with van der Waals surface area (Å²) in [7, 11) is 1.66. The number of piperidine rings is 1. The number of benzene rings is 1. The van der Waals surface area contributed by atoms with Gasteiger partial charge in [-0.15, -0.1) is 0 Å². The Morgan fingerprint density at radius 2 is 2.00 bits per heavy atom. The van der Waals surface area contributed by atoms with Crippen molar-refractivity contribution in [2.24, 2.45) is 0 Å². The number of methoxy groups -OCH3 is 1. The van der Waals surface area contributed by atoms with E-state index in [2.05, 4.69) is 52.0 Å². The Bertz CT molecular complexity index is 1470. The number of β-amino-alcohol motifs (C(OH)–C–C–N with tert-alkyl or cyclic N) is 1. The number of nitrogens with one attached hydrogen (secondary N) is 1. The maximum absolute atomic E-state index is 12.6. The van der Waals surface area contributed by atoms with Crippen molar-refractivity contribution in [3.63, 3.8) is 0 Å². The lowest BCUT2D eigenvalue weighted by molar-refractivity contribution is -0.132. The standard InChI is InChI=1S/C29H36N6O3/c1-18(2)27-23-12-20(19-6-9-33(10-7-19)16-26(37)34-11-8-22(36)15-34)4-5-24(23)32-28(27)21-13-25(38-3)29-30-17-31-35(29)14-21/h4-5,12-14,17-19,22,32,36H,6-11,15-16H2,1-3H3/t22-/m1/s1. The molecule has 4 aromatic rings. The number of aliphatic hydroxyl groups excluding tert-OH is 1. The maximum atomic E-state index is 12.6. The molecule has 2 N–H and O–H groups in total. The summed E-state index contributed by atoms with van der Waals surface area (Å²) in [4.78, 5) is 24.7.